The number of carbonyl (C=O) groups excluding carboxylic acids is 2. The van der Waals surface area contributed by atoms with E-state index < -0.39 is 0 Å². The van der Waals surface area contributed by atoms with E-state index in [1.807, 2.05) is 37.3 Å². The summed E-state index contributed by atoms with van der Waals surface area (Å²) < 4.78 is 6.38. The van der Waals surface area contributed by atoms with Gasteiger partial charge in [0.15, 0.2) is 0 Å². The number of hydrogen-bond donors (Lipinski definition) is 1. The minimum absolute atomic E-state index is 0.0366. The summed E-state index contributed by atoms with van der Waals surface area (Å²) in [5, 5.41) is 3.01. The molecule has 5 heteroatoms. The van der Waals surface area contributed by atoms with E-state index in [-0.39, 0.29) is 12.0 Å². The standard InChI is InChI=1S/C23H30N2O3/c1-16(15-26)11-19(14-25(2)3)18-12-17-9-10-22(27)24-23(17)21(13-18)28-20-7-5-4-6-8-20/h11-15,20H,4-10H2,1-3H3,(H,24,27)/b16-11-,19-14+. The fourth-order valence-electron chi connectivity index (χ4n) is 3.84. The van der Waals surface area contributed by atoms with E-state index in [1.165, 1.54) is 19.3 Å². The molecule has 0 bridgehead atoms. The van der Waals surface area contributed by atoms with Crippen LogP contribution in [0.4, 0.5) is 5.69 Å². The highest BCUT2D eigenvalue weighted by atomic mass is 16.5. The molecular formula is C23H30N2O3. The van der Waals surface area contributed by atoms with Crippen molar-refractivity contribution < 1.29 is 14.3 Å². The number of aldehydes is 1. The van der Waals surface area contributed by atoms with E-state index in [1.54, 1.807) is 6.92 Å². The average Bonchev–Trinajstić information content (AvgIpc) is 2.68. The number of hydrogen-bond acceptors (Lipinski definition) is 4. The molecule has 1 aromatic carbocycles. The molecule has 2 aliphatic rings. The number of carbonyl (C=O) groups is 2. The molecular weight excluding hydrogens is 352 g/mol. The van der Waals surface area contributed by atoms with Crippen LogP contribution in [0.15, 0.2) is 30.0 Å². The Morgan fingerprint density at radius 1 is 1.18 bits per heavy atom. The first-order valence-corrected chi connectivity index (χ1v) is 10.1. The first-order valence-electron chi connectivity index (χ1n) is 10.1. The van der Waals surface area contributed by atoms with Crippen LogP contribution in [0.3, 0.4) is 0 Å². The van der Waals surface area contributed by atoms with Crippen LogP contribution in [-0.2, 0) is 16.0 Å². The zero-order valence-electron chi connectivity index (χ0n) is 17.1. The Balaban J connectivity index is 2.04. The lowest BCUT2D eigenvalue weighted by molar-refractivity contribution is -0.116. The van der Waals surface area contributed by atoms with Gasteiger partial charge in [-0.1, -0.05) is 6.42 Å². The van der Waals surface area contributed by atoms with Crippen molar-refractivity contribution in [3.63, 3.8) is 0 Å². The van der Waals surface area contributed by atoms with Crippen LogP contribution in [0.25, 0.3) is 5.57 Å². The van der Waals surface area contributed by atoms with Gasteiger partial charge < -0.3 is 15.0 Å². The minimum Gasteiger partial charge on any atom is -0.488 e. The topological polar surface area (TPSA) is 58.6 Å². The summed E-state index contributed by atoms with van der Waals surface area (Å²) in [5.74, 6) is 0.781. The van der Waals surface area contributed by atoms with Crippen molar-refractivity contribution in [2.45, 2.75) is 58.0 Å². The summed E-state index contributed by atoms with van der Waals surface area (Å²) >= 11 is 0. The Morgan fingerprint density at radius 2 is 1.93 bits per heavy atom. The predicted molar refractivity (Wildman–Crippen MR) is 112 cm³/mol. The van der Waals surface area contributed by atoms with Crippen LogP contribution >= 0.6 is 0 Å². The second kappa shape index (κ2) is 9.09. The lowest BCUT2D eigenvalue weighted by Crippen LogP contribution is -2.24. The maximum absolute atomic E-state index is 12.0. The second-order valence-corrected chi connectivity index (χ2v) is 7.99. The molecule has 0 spiro atoms. The SMILES string of the molecule is C/C(C=O)=C/C(=C\N(C)C)c1cc2c(c(OC3CCCCC3)c1)NC(=O)CC2. The van der Waals surface area contributed by atoms with Gasteiger partial charge in [0.25, 0.3) is 0 Å². The number of amides is 1. The van der Waals surface area contributed by atoms with Crippen molar-refractivity contribution in [3.05, 3.63) is 41.1 Å². The van der Waals surface area contributed by atoms with Crippen LogP contribution in [0.5, 0.6) is 5.75 Å². The van der Waals surface area contributed by atoms with Gasteiger partial charge in [0.2, 0.25) is 5.91 Å². The van der Waals surface area contributed by atoms with Gasteiger partial charge in [-0.3, -0.25) is 9.59 Å². The second-order valence-electron chi connectivity index (χ2n) is 7.99. The lowest BCUT2D eigenvalue weighted by Gasteiger charge is -2.27. The largest absolute Gasteiger partial charge is 0.488 e. The molecule has 1 aliphatic carbocycles. The van der Waals surface area contributed by atoms with Gasteiger partial charge in [0, 0.05) is 26.7 Å². The number of nitrogens with zero attached hydrogens (tertiary/aromatic N) is 1. The predicted octanol–water partition coefficient (Wildman–Crippen LogP) is 4.33. The maximum Gasteiger partial charge on any atom is 0.224 e. The fourth-order valence-corrected chi connectivity index (χ4v) is 3.84. The highest BCUT2D eigenvalue weighted by Crippen LogP contribution is 2.38. The first kappa shape index (κ1) is 20.2. The van der Waals surface area contributed by atoms with E-state index >= 15 is 0 Å². The summed E-state index contributed by atoms with van der Waals surface area (Å²) in [7, 11) is 3.92. The summed E-state index contributed by atoms with van der Waals surface area (Å²) in [5.41, 5.74) is 4.50. The Kier molecular flexibility index (Phi) is 6.55. The molecule has 28 heavy (non-hydrogen) atoms. The first-order chi connectivity index (χ1) is 13.5. The molecule has 3 rings (SSSR count). The molecule has 0 aromatic heterocycles. The Bertz CT molecular complexity index is 802. The quantitative estimate of drug-likeness (QED) is 0.452. The van der Waals surface area contributed by atoms with E-state index in [4.69, 9.17) is 4.74 Å². The number of benzene rings is 1. The van der Waals surface area contributed by atoms with Gasteiger partial charge in [-0.05, 0) is 79.5 Å². The van der Waals surface area contributed by atoms with Crippen LogP contribution in [0.1, 0.15) is 56.6 Å². The molecule has 0 unspecified atom stereocenters. The molecule has 1 aromatic rings. The number of nitrogens with one attached hydrogen (secondary N) is 1. The third-order valence-corrected chi connectivity index (χ3v) is 5.22. The van der Waals surface area contributed by atoms with Gasteiger partial charge in [-0.2, -0.15) is 0 Å². The van der Waals surface area contributed by atoms with Crippen LogP contribution < -0.4 is 10.1 Å². The van der Waals surface area contributed by atoms with Crippen LogP contribution in [0.2, 0.25) is 0 Å². The molecule has 1 fully saturated rings. The van der Waals surface area contributed by atoms with Crippen molar-refractivity contribution in [3.8, 4) is 5.75 Å². The molecule has 1 amide bonds. The van der Waals surface area contributed by atoms with Crippen molar-refractivity contribution in [1.82, 2.24) is 4.90 Å². The Labute approximate surface area is 167 Å². The number of rotatable bonds is 6. The van der Waals surface area contributed by atoms with E-state index in [0.717, 1.165) is 47.3 Å². The summed E-state index contributed by atoms with van der Waals surface area (Å²) in [6, 6.07) is 4.11. The molecule has 0 saturated heterocycles. The number of fused-ring (bicyclic) bond motifs is 1. The van der Waals surface area contributed by atoms with Crippen molar-refractivity contribution in [2.75, 3.05) is 19.4 Å². The normalized spacial score (nSPS) is 18.3. The number of anilines is 1. The summed E-state index contributed by atoms with van der Waals surface area (Å²) in [6.45, 7) is 1.80. The summed E-state index contributed by atoms with van der Waals surface area (Å²) in [4.78, 5) is 25.1. The molecule has 5 nitrogen and oxygen atoms in total. The molecule has 1 aliphatic heterocycles. The average molecular weight is 383 g/mol. The molecule has 0 atom stereocenters. The minimum atomic E-state index is 0.0366. The van der Waals surface area contributed by atoms with Gasteiger partial charge in [0.05, 0.1) is 11.8 Å². The van der Waals surface area contributed by atoms with Crippen LogP contribution in [-0.4, -0.2) is 37.3 Å². The van der Waals surface area contributed by atoms with Gasteiger partial charge >= 0.3 is 0 Å². The third kappa shape index (κ3) is 5.03. The molecule has 1 heterocycles. The smallest absolute Gasteiger partial charge is 0.224 e. The van der Waals surface area contributed by atoms with E-state index in [0.29, 0.717) is 18.4 Å². The molecule has 1 N–H and O–H groups in total. The van der Waals surface area contributed by atoms with Crippen molar-refractivity contribution >= 4 is 23.5 Å². The highest BCUT2D eigenvalue weighted by Gasteiger charge is 2.23. The fraction of sp³-hybridized carbons (Fsp3) is 0.478. The monoisotopic (exact) mass is 382 g/mol. The zero-order valence-corrected chi connectivity index (χ0v) is 17.1. The highest BCUT2D eigenvalue weighted by molar-refractivity contribution is 5.96. The Morgan fingerprint density at radius 3 is 2.61 bits per heavy atom. The van der Waals surface area contributed by atoms with Crippen molar-refractivity contribution in [2.24, 2.45) is 0 Å². The molecule has 0 radical (unpaired) electrons. The molecule has 1 saturated carbocycles. The molecule has 150 valence electrons. The number of allylic oxidation sites excluding steroid dienone is 3. The van der Waals surface area contributed by atoms with E-state index in [9.17, 15) is 9.59 Å². The summed E-state index contributed by atoms with van der Waals surface area (Å²) in [6.07, 6.45) is 11.9. The van der Waals surface area contributed by atoms with Gasteiger partial charge in [0.1, 0.15) is 12.0 Å². The van der Waals surface area contributed by atoms with E-state index in [2.05, 4.69) is 11.4 Å². The van der Waals surface area contributed by atoms with Crippen molar-refractivity contribution in [1.29, 1.82) is 0 Å². The zero-order chi connectivity index (χ0) is 20.1. The van der Waals surface area contributed by atoms with Gasteiger partial charge in [-0.25, -0.2) is 0 Å². The van der Waals surface area contributed by atoms with Gasteiger partial charge in [-0.15, -0.1) is 0 Å². The number of aryl methyl sites for hydroxylation is 1. The lowest BCUT2D eigenvalue weighted by atomic mass is 9.94. The maximum atomic E-state index is 12.0. The number of ether oxygens (including phenoxy) is 1. The van der Waals surface area contributed by atoms with Crippen LogP contribution in [0, 0.1) is 0 Å². The third-order valence-electron chi connectivity index (χ3n) is 5.22. The Hall–Kier alpha value is -2.56.